The van der Waals surface area contributed by atoms with Crippen molar-refractivity contribution in [3.8, 4) is 0 Å². The van der Waals surface area contributed by atoms with Crippen LogP contribution in [0.4, 0.5) is 5.69 Å². The summed E-state index contributed by atoms with van der Waals surface area (Å²) in [7, 11) is 1.45. The van der Waals surface area contributed by atoms with Crippen molar-refractivity contribution in [3.05, 3.63) is 64.2 Å². The number of aliphatic imine (C=N–C) groups is 1. The average Bonchev–Trinajstić information content (AvgIpc) is 3.16. The monoisotopic (exact) mass is 413 g/mol. The smallest absolute Gasteiger partial charge is 0.267 e. The molecule has 0 saturated heterocycles. The molecule has 0 radical (unpaired) electrons. The summed E-state index contributed by atoms with van der Waals surface area (Å²) in [6, 6.07) is 11.5. The van der Waals surface area contributed by atoms with E-state index >= 15 is 0 Å². The summed E-state index contributed by atoms with van der Waals surface area (Å²) in [6.45, 7) is 1.93. The Bertz CT molecular complexity index is 1020. The van der Waals surface area contributed by atoms with Crippen molar-refractivity contribution >= 4 is 40.7 Å². The van der Waals surface area contributed by atoms with E-state index in [-0.39, 0.29) is 18.3 Å². The Morgan fingerprint density at radius 2 is 1.83 bits per heavy atom. The molecule has 0 saturated carbocycles. The van der Waals surface area contributed by atoms with Gasteiger partial charge in [-0.1, -0.05) is 29.8 Å². The molecular formula is C20H20ClN5O3. The minimum Gasteiger partial charge on any atom is -0.367 e. The molecule has 1 atom stereocenters. The van der Waals surface area contributed by atoms with Crippen molar-refractivity contribution in [3.63, 3.8) is 0 Å². The number of nitrogens with zero attached hydrogens (tertiary/aromatic N) is 1. The molecule has 9 heteroatoms. The van der Waals surface area contributed by atoms with Gasteiger partial charge in [0.1, 0.15) is 5.71 Å². The lowest BCUT2D eigenvalue weighted by atomic mass is 9.84. The second-order valence-electron chi connectivity index (χ2n) is 6.53. The molecule has 3 amide bonds. The van der Waals surface area contributed by atoms with E-state index in [2.05, 4.69) is 20.9 Å². The van der Waals surface area contributed by atoms with Gasteiger partial charge in [-0.05, 0) is 42.3 Å². The number of aryl methyl sites for hydroxylation is 1. The van der Waals surface area contributed by atoms with Crippen molar-refractivity contribution in [2.45, 2.75) is 12.5 Å². The standard InChI is InChI=1S/C20H20ClN5O3/c1-11-3-4-12(9-15(11)21)17(27)26-14-7-5-13(6-8-14)20(19(22)29)16(18(28)23-2)24-10-25-20/h3-9,25H,10H2,1-2H3,(H2,22,29)(H,23,28)(H,26,27). The number of carbonyl (C=O) groups excluding carboxylic acids is 3. The number of rotatable bonds is 5. The quantitative estimate of drug-likeness (QED) is 0.589. The fourth-order valence-corrected chi connectivity index (χ4v) is 3.31. The predicted molar refractivity (Wildman–Crippen MR) is 111 cm³/mol. The van der Waals surface area contributed by atoms with E-state index in [4.69, 9.17) is 17.3 Å². The second kappa shape index (κ2) is 8.02. The molecule has 1 aliphatic heterocycles. The summed E-state index contributed by atoms with van der Waals surface area (Å²) in [4.78, 5) is 41.0. The van der Waals surface area contributed by atoms with E-state index in [1.54, 1.807) is 42.5 Å². The van der Waals surface area contributed by atoms with Gasteiger partial charge in [0, 0.05) is 23.3 Å². The van der Waals surface area contributed by atoms with Crippen LogP contribution in [0.1, 0.15) is 21.5 Å². The topological polar surface area (TPSA) is 126 Å². The zero-order valence-corrected chi connectivity index (χ0v) is 16.6. The highest BCUT2D eigenvalue weighted by atomic mass is 35.5. The molecule has 29 heavy (non-hydrogen) atoms. The van der Waals surface area contributed by atoms with Gasteiger partial charge in [0.05, 0.1) is 6.67 Å². The molecule has 0 spiro atoms. The number of benzene rings is 2. The van der Waals surface area contributed by atoms with Crippen molar-refractivity contribution in [1.29, 1.82) is 0 Å². The van der Waals surface area contributed by atoms with Crippen molar-refractivity contribution in [2.24, 2.45) is 10.7 Å². The first-order valence-corrected chi connectivity index (χ1v) is 9.17. The van der Waals surface area contributed by atoms with Crippen LogP contribution < -0.4 is 21.7 Å². The summed E-state index contributed by atoms with van der Waals surface area (Å²) < 4.78 is 0. The van der Waals surface area contributed by atoms with Crippen molar-refractivity contribution < 1.29 is 14.4 Å². The third-order valence-electron chi connectivity index (χ3n) is 4.76. The number of carbonyl (C=O) groups is 3. The molecule has 0 aliphatic carbocycles. The van der Waals surface area contributed by atoms with Gasteiger partial charge in [0.25, 0.3) is 11.8 Å². The van der Waals surface area contributed by atoms with Gasteiger partial charge < -0.3 is 16.4 Å². The molecule has 1 aliphatic rings. The fraction of sp³-hybridized carbons (Fsp3) is 0.200. The number of anilines is 1. The molecule has 1 heterocycles. The summed E-state index contributed by atoms with van der Waals surface area (Å²) in [5.41, 5.74) is 6.34. The summed E-state index contributed by atoms with van der Waals surface area (Å²) in [6.07, 6.45) is 0. The van der Waals surface area contributed by atoms with E-state index in [0.717, 1.165) is 5.56 Å². The molecule has 150 valence electrons. The van der Waals surface area contributed by atoms with Gasteiger partial charge in [-0.15, -0.1) is 0 Å². The number of hydrogen-bond acceptors (Lipinski definition) is 5. The first kappa shape index (κ1) is 20.5. The molecule has 2 aromatic carbocycles. The average molecular weight is 414 g/mol. The number of nitrogens with one attached hydrogen (secondary N) is 3. The first-order valence-electron chi connectivity index (χ1n) is 8.79. The highest BCUT2D eigenvalue weighted by molar-refractivity contribution is 6.47. The zero-order chi connectivity index (χ0) is 21.2. The largest absolute Gasteiger partial charge is 0.367 e. The SMILES string of the molecule is CNC(=O)C1=NCNC1(C(N)=O)c1ccc(NC(=O)c2ccc(C)c(Cl)c2)cc1. The molecular weight excluding hydrogens is 394 g/mol. The van der Waals surface area contributed by atoms with Crippen LogP contribution in [0.2, 0.25) is 5.02 Å². The molecule has 5 N–H and O–H groups in total. The Balaban J connectivity index is 1.86. The highest BCUT2D eigenvalue weighted by Gasteiger charge is 2.49. The second-order valence-corrected chi connectivity index (χ2v) is 6.94. The van der Waals surface area contributed by atoms with Gasteiger partial charge >= 0.3 is 0 Å². The van der Waals surface area contributed by atoms with E-state index < -0.39 is 17.4 Å². The molecule has 0 aromatic heterocycles. The van der Waals surface area contributed by atoms with Crippen LogP contribution in [0.25, 0.3) is 0 Å². The fourth-order valence-electron chi connectivity index (χ4n) is 3.13. The molecule has 0 fully saturated rings. The summed E-state index contributed by atoms with van der Waals surface area (Å²) in [5.74, 6) is -1.57. The lowest BCUT2D eigenvalue weighted by Crippen LogP contribution is -2.58. The van der Waals surface area contributed by atoms with Crippen LogP contribution in [0.15, 0.2) is 47.5 Å². The van der Waals surface area contributed by atoms with Crippen LogP contribution in [-0.2, 0) is 15.1 Å². The molecule has 0 bridgehead atoms. The van der Waals surface area contributed by atoms with Crippen molar-refractivity contribution in [2.75, 3.05) is 19.0 Å². The number of amides is 3. The van der Waals surface area contributed by atoms with E-state index in [9.17, 15) is 14.4 Å². The van der Waals surface area contributed by atoms with Gasteiger partial charge in [-0.2, -0.15) is 0 Å². The van der Waals surface area contributed by atoms with E-state index in [1.165, 1.54) is 7.05 Å². The highest BCUT2D eigenvalue weighted by Crippen LogP contribution is 2.28. The Labute approximate surface area is 172 Å². The van der Waals surface area contributed by atoms with Gasteiger partial charge in [-0.25, -0.2) is 0 Å². The Kier molecular flexibility index (Phi) is 5.67. The normalized spacial score (nSPS) is 18.1. The maximum atomic E-state index is 12.4. The molecule has 8 nitrogen and oxygen atoms in total. The van der Waals surface area contributed by atoms with E-state index in [0.29, 0.717) is 21.8 Å². The van der Waals surface area contributed by atoms with Crippen LogP contribution in [-0.4, -0.2) is 37.1 Å². The van der Waals surface area contributed by atoms with Crippen LogP contribution in [0, 0.1) is 6.92 Å². The zero-order valence-electron chi connectivity index (χ0n) is 15.9. The van der Waals surface area contributed by atoms with E-state index in [1.807, 2.05) is 6.92 Å². The molecule has 1 unspecified atom stereocenters. The number of hydrogen-bond donors (Lipinski definition) is 4. The Hall–Kier alpha value is -3.23. The first-order chi connectivity index (χ1) is 13.8. The maximum absolute atomic E-state index is 12.4. The molecule has 3 rings (SSSR count). The minimum absolute atomic E-state index is 0.00131. The third kappa shape index (κ3) is 3.72. The maximum Gasteiger partial charge on any atom is 0.267 e. The van der Waals surface area contributed by atoms with Gasteiger partial charge in [-0.3, -0.25) is 24.7 Å². The lowest BCUT2D eigenvalue weighted by molar-refractivity contribution is -0.123. The van der Waals surface area contributed by atoms with Crippen LogP contribution >= 0.6 is 11.6 Å². The minimum atomic E-state index is -1.53. The van der Waals surface area contributed by atoms with Crippen LogP contribution in [0.3, 0.4) is 0 Å². The van der Waals surface area contributed by atoms with Crippen molar-refractivity contribution in [1.82, 2.24) is 10.6 Å². The number of halogens is 1. The Morgan fingerprint density at radius 3 is 2.41 bits per heavy atom. The van der Waals surface area contributed by atoms with Gasteiger partial charge in [0.15, 0.2) is 5.54 Å². The Morgan fingerprint density at radius 1 is 1.14 bits per heavy atom. The number of nitrogens with two attached hydrogens (primary N) is 1. The lowest BCUT2D eigenvalue weighted by Gasteiger charge is -2.27. The van der Waals surface area contributed by atoms with Gasteiger partial charge in [0.2, 0.25) is 5.91 Å². The summed E-state index contributed by atoms with van der Waals surface area (Å²) >= 11 is 6.08. The number of primary amides is 1. The summed E-state index contributed by atoms with van der Waals surface area (Å²) in [5, 5.41) is 8.64. The van der Waals surface area contributed by atoms with Crippen LogP contribution in [0.5, 0.6) is 0 Å². The molecule has 2 aromatic rings. The third-order valence-corrected chi connectivity index (χ3v) is 5.17. The predicted octanol–water partition coefficient (Wildman–Crippen LogP) is 1.33.